The Hall–Kier alpha value is -2.93. The van der Waals surface area contributed by atoms with Crippen molar-refractivity contribution in [3.8, 4) is 0 Å². The van der Waals surface area contributed by atoms with Gasteiger partial charge in [-0.05, 0) is 29.7 Å². The topological polar surface area (TPSA) is 80.5 Å². The Morgan fingerprint density at radius 3 is 2.21 bits per heavy atom. The van der Waals surface area contributed by atoms with E-state index in [0.29, 0.717) is 29.0 Å². The van der Waals surface area contributed by atoms with Crippen molar-refractivity contribution >= 4 is 34.8 Å². The van der Waals surface area contributed by atoms with Crippen molar-refractivity contribution in [1.29, 1.82) is 0 Å². The van der Waals surface area contributed by atoms with E-state index >= 15 is 0 Å². The highest BCUT2D eigenvalue weighted by atomic mass is 32.2. The van der Waals surface area contributed by atoms with E-state index in [1.165, 1.54) is 40.9 Å². The minimum absolute atomic E-state index is 0.0554. The summed E-state index contributed by atoms with van der Waals surface area (Å²) in [7, 11) is 0. The Balaban J connectivity index is 1.90. The summed E-state index contributed by atoms with van der Waals surface area (Å²) in [6.45, 7) is 4.20. The molecular weight excluding hydrogens is 376 g/mol. The summed E-state index contributed by atoms with van der Waals surface area (Å²) in [4.78, 5) is 38.1. The molecule has 0 aromatic heterocycles. The number of carbonyl (C=O) groups is 2. The number of benzene rings is 2. The van der Waals surface area contributed by atoms with Crippen molar-refractivity contribution < 1.29 is 14.5 Å². The predicted octanol–water partition coefficient (Wildman–Crippen LogP) is 4.06. The second-order valence-corrected chi connectivity index (χ2v) is 8.26. The van der Waals surface area contributed by atoms with Crippen LogP contribution in [-0.4, -0.2) is 33.4 Å². The first-order valence-corrected chi connectivity index (χ1v) is 9.82. The summed E-state index contributed by atoms with van der Waals surface area (Å²) >= 11 is 1.35. The summed E-state index contributed by atoms with van der Waals surface area (Å²) in [5, 5.41) is 11.0. The number of nitrogens with zero attached hydrogens (tertiary/aromatic N) is 2. The van der Waals surface area contributed by atoms with E-state index in [0.717, 1.165) is 5.56 Å². The van der Waals surface area contributed by atoms with E-state index < -0.39 is 4.92 Å². The Kier molecular flexibility index (Phi) is 5.94. The first-order chi connectivity index (χ1) is 13.4. The molecule has 0 saturated heterocycles. The zero-order valence-electron chi connectivity index (χ0n) is 15.6. The van der Waals surface area contributed by atoms with Crippen LogP contribution in [0.1, 0.15) is 25.0 Å². The van der Waals surface area contributed by atoms with Crippen LogP contribution in [0.25, 0.3) is 5.57 Å². The van der Waals surface area contributed by atoms with Gasteiger partial charge < -0.3 is 0 Å². The predicted molar refractivity (Wildman–Crippen MR) is 110 cm³/mol. The molecule has 0 saturated carbocycles. The maximum atomic E-state index is 13.0. The van der Waals surface area contributed by atoms with Gasteiger partial charge in [0, 0.05) is 23.9 Å². The zero-order chi connectivity index (χ0) is 20.3. The van der Waals surface area contributed by atoms with E-state index in [1.807, 2.05) is 44.2 Å². The molecule has 1 aliphatic heterocycles. The Labute approximate surface area is 167 Å². The van der Waals surface area contributed by atoms with Crippen molar-refractivity contribution in [3.05, 3.63) is 80.7 Å². The Morgan fingerprint density at radius 2 is 1.64 bits per heavy atom. The Bertz CT molecular complexity index is 937. The van der Waals surface area contributed by atoms with E-state index in [-0.39, 0.29) is 22.8 Å². The monoisotopic (exact) mass is 396 g/mol. The van der Waals surface area contributed by atoms with Crippen molar-refractivity contribution in [1.82, 2.24) is 4.90 Å². The standard InChI is InChI=1S/C21H20N2O4S/c1-14(2)28-19-18(16-8-10-17(11-9-16)23(26)27)20(24)22(21(19)25)13-12-15-6-4-3-5-7-15/h3-11,14H,12-13H2,1-2H3. The molecule has 0 bridgehead atoms. The number of rotatable bonds is 7. The van der Waals surface area contributed by atoms with Gasteiger partial charge in [0.25, 0.3) is 17.5 Å². The third kappa shape index (κ3) is 4.14. The van der Waals surface area contributed by atoms with Gasteiger partial charge in [-0.2, -0.15) is 0 Å². The van der Waals surface area contributed by atoms with Gasteiger partial charge in [0.1, 0.15) is 0 Å². The summed E-state index contributed by atoms with van der Waals surface area (Å²) < 4.78 is 0. The first-order valence-electron chi connectivity index (χ1n) is 8.94. The summed E-state index contributed by atoms with van der Waals surface area (Å²) in [5.74, 6) is -0.647. The highest BCUT2D eigenvalue weighted by Gasteiger charge is 2.39. The second-order valence-electron chi connectivity index (χ2n) is 6.67. The molecule has 0 N–H and O–H groups in total. The molecule has 2 amide bonds. The molecule has 144 valence electrons. The summed E-state index contributed by atoms with van der Waals surface area (Å²) in [5.41, 5.74) is 1.84. The van der Waals surface area contributed by atoms with E-state index in [9.17, 15) is 19.7 Å². The van der Waals surface area contributed by atoms with Gasteiger partial charge in [-0.25, -0.2) is 0 Å². The lowest BCUT2D eigenvalue weighted by Crippen LogP contribution is -2.33. The zero-order valence-corrected chi connectivity index (χ0v) is 16.4. The van der Waals surface area contributed by atoms with Gasteiger partial charge in [0.05, 0.1) is 15.4 Å². The van der Waals surface area contributed by atoms with Crippen LogP contribution in [0.4, 0.5) is 5.69 Å². The van der Waals surface area contributed by atoms with Gasteiger partial charge >= 0.3 is 0 Å². The van der Waals surface area contributed by atoms with Crippen LogP contribution in [0.5, 0.6) is 0 Å². The Morgan fingerprint density at radius 1 is 1.00 bits per heavy atom. The van der Waals surface area contributed by atoms with Crippen molar-refractivity contribution in [2.24, 2.45) is 0 Å². The fourth-order valence-corrected chi connectivity index (χ4v) is 4.00. The fourth-order valence-electron chi connectivity index (χ4n) is 2.99. The summed E-state index contributed by atoms with van der Waals surface area (Å²) in [6.07, 6.45) is 0.575. The molecule has 1 heterocycles. The molecule has 2 aromatic carbocycles. The number of nitro groups is 1. The van der Waals surface area contributed by atoms with Gasteiger partial charge in [-0.3, -0.25) is 24.6 Å². The molecule has 7 heteroatoms. The molecule has 0 unspecified atom stereocenters. The molecule has 0 atom stereocenters. The van der Waals surface area contributed by atoms with Crippen molar-refractivity contribution in [2.45, 2.75) is 25.5 Å². The average molecular weight is 396 g/mol. The smallest absolute Gasteiger partial charge is 0.269 e. The molecule has 3 rings (SSSR count). The number of imide groups is 1. The highest BCUT2D eigenvalue weighted by Crippen LogP contribution is 2.38. The molecule has 0 spiro atoms. The van der Waals surface area contributed by atoms with Crippen LogP contribution >= 0.6 is 11.8 Å². The lowest BCUT2D eigenvalue weighted by molar-refractivity contribution is -0.384. The number of hydrogen-bond acceptors (Lipinski definition) is 5. The average Bonchev–Trinajstić information content (AvgIpc) is 2.90. The SMILES string of the molecule is CC(C)SC1=C(c2ccc([N+](=O)[O-])cc2)C(=O)N(CCc2ccccc2)C1=O. The largest absolute Gasteiger partial charge is 0.274 e. The number of nitro benzene ring substituents is 1. The van der Waals surface area contributed by atoms with E-state index in [4.69, 9.17) is 0 Å². The van der Waals surface area contributed by atoms with E-state index in [2.05, 4.69) is 0 Å². The third-order valence-electron chi connectivity index (χ3n) is 4.31. The number of thioether (sulfide) groups is 1. The lowest BCUT2D eigenvalue weighted by atomic mass is 10.1. The third-order valence-corrected chi connectivity index (χ3v) is 5.40. The molecule has 0 radical (unpaired) electrons. The van der Waals surface area contributed by atoms with Crippen LogP contribution < -0.4 is 0 Å². The quantitative estimate of drug-likeness (QED) is 0.401. The molecule has 0 fully saturated rings. The van der Waals surface area contributed by atoms with Crippen LogP contribution in [-0.2, 0) is 16.0 Å². The maximum absolute atomic E-state index is 13.0. The molecule has 6 nitrogen and oxygen atoms in total. The number of non-ortho nitro benzene ring substituents is 1. The van der Waals surface area contributed by atoms with Crippen LogP contribution in [0.2, 0.25) is 0 Å². The lowest BCUT2D eigenvalue weighted by Gasteiger charge is -2.15. The fraction of sp³-hybridized carbons (Fsp3) is 0.238. The molecule has 2 aromatic rings. The first kappa shape index (κ1) is 19.8. The minimum atomic E-state index is -0.490. The van der Waals surface area contributed by atoms with Gasteiger partial charge in [-0.15, -0.1) is 11.8 Å². The van der Waals surface area contributed by atoms with Gasteiger partial charge in [-0.1, -0.05) is 44.2 Å². The van der Waals surface area contributed by atoms with Crippen molar-refractivity contribution in [2.75, 3.05) is 6.54 Å². The van der Waals surface area contributed by atoms with Crippen molar-refractivity contribution in [3.63, 3.8) is 0 Å². The van der Waals surface area contributed by atoms with Crippen LogP contribution in [0.15, 0.2) is 59.5 Å². The maximum Gasteiger partial charge on any atom is 0.269 e. The number of hydrogen-bond donors (Lipinski definition) is 0. The molecule has 28 heavy (non-hydrogen) atoms. The van der Waals surface area contributed by atoms with Gasteiger partial charge in [0.15, 0.2) is 0 Å². The minimum Gasteiger partial charge on any atom is -0.274 e. The van der Waals surface area contributed by atoms with Gasteiger partial charge in [0.2, 0.25) is 0 Å². The molecule has 0 aliphatic carbocycles. The number of carbonyl (C=O) groups excluding carboxylic acids is 2. The summed E-state index contributed by atoms with van der Waals surface area (Å²) in [6, 6.07) is 15.4. The normalized spacial score (nSPS) is 14.3. The number of amides is 2. The molecular formula is C21H20N2O4S. The second kappa shape index (κ2) is 8.39. The van der Waals surface area contributed by atoms with E-state index in [1.54, 1.807) is 0 Å². The van der Waals surface area contributed by atoms with Crippen LogP contribution in [0.3, 0.4) is 0 Å². The molecule has 1 aliphatic rings. The van der Waals surface area contributed by atoms with Crippen LogP contribution in [0, 0.1) is 10.1 Å². The highest BCUT2D eigenvalue weighted by molar-refractivity contribution is 8.04.